The van der Waals surface area contributed by atoms with Gasteiger partial charge in [0.1, 0.15) is 0 Å². The van der Waals surface area contributed by atoms with E-state index in [-0.39, 0.29) is 31.1 Å². The standard InChI is InChI=1S/C28H28N3O.C19H26NSi.Ir/c1-28(2,3)31-24-15-8-7-14-23(24)29-26(31)21-13-9-12-19-20-16-17-22(18-10-5-4-6-11-18)30-27(20)32-25(19)21;1-19(2,3)13-16-12-17(15-10-8-7-9-11-15)20-14-18(16)21(4,5)6;/h7-9,12,14-18H,4-6,10-11H2,1-3H3;7-10,12,14H,13H2,1-6H3;/q2*-1;. The molecule has 1 aliphatic carbocycles. The second-order valence-corrected chi connectivity index (χ2v) is 23.1. The number of aromatic nitrogens is 4. The largest absolute Gasteiger partial charge is 0.486 e. The van der Waals surface area contributed by atoms with E-state index in [1.165, 1.54) is 48.5 Å². The number of hydrogen-bond acceptors (Lipinski definition) is 4. The van der Waals surface area contributed by atoms with Crippen molar-refractivity contribution in [3.05, 3.63) is 108 Å². The molecule has 8 rings (SSSR count). The van der Waals surface area contributed by atoms with E-state index >= 15 is 0 Å². The maximum absolute atomic E-state index is 6.44. The molecule has 5 nitrogen and oxygen atoms in total. The molecule has 3 aromatic carbocycles. The molecule has 0 bridgehead atoms. The van der Waals surface area contributed by atoms with Crippen molar-refractivity contribution >= 4 is 46.4 Å². The van der Waals surface area contributed by atoms with Crippen molar-refractivity contribution in [2.24, 2.45) is 5.41 Å². The number of rotatable bonds is 5. The van der Waals surface area contributed by atoms with Gasteiger partial charge in [-0.25, -0.2) is 4.98 Å². The van der Waals surface area contributed by atoms with E-state index in [0.717, 1.165) is 62.2 Å². The molecule has 0 unspecified atom stereocenters. The summed E-state index contributed by atoms with van der Waals surface area (Å²) in [7, 11) is -1.37. The van der Waals surface area contributed by atoms with Gasteiger partial charge >= 0.3 is 0 Å². The normalized spacial score (nSPS) is 14.2. The minimum absolute atomic E-state index is 0. The summed E-state index contributed by atoms with van der Waals surface area (Å²) in [6, 6.07) is 33.8. The Hall–Kier alpha value is -3.90. The molecule has 4 aromatic heterocycles. The Kier molecular flexibility index (Phi) is 11.6. The Labute approximate surface area is 336 Å². The molecule has 0 spiro atoms. The summed E-state index contributed by atoms with van der Waals surface area (Å²) in [6.45, 7) is 20.7. The number of fused-ring (bicyclic) bond motifs is 4. The fourth-order valence-corrected chi connectivity index (χ4v) is 9.47. The first kappa shape index (κ1) is 39.8. The maximum atomic E-state index is 6.44. The fraction of sp³-hybridized carbons (Fsp3) is 0.383. The van der Waals surface area contributed by atoms with Gasteiger partial charge in [0.25, 0.3) is 0 Å². The van der Waals surface area contributed by atoms with Gasteiger partial charge < -0.3 is 14.0 Å². The Balaban J connectivity index is 0.000000198. The van der Waals surface area contributed by atoms with Gasteiger partial charge in [-0.1, -0.05) is 94.4 Å². The van der Waals surface area contributed by atoms with Gasteiger partial charge in [-0.3, -0.25) is 4.98 Å². The number of para-hydroxylation sites is 2. The van der Waals surface area contributed by atoms with E-state index in [1.54, 1.807) is 0 Å². The Morgan fingerprint density at radius 1 is 0.815 bits per heavy atom. The Morgan fingerprint density at radius 3 is 2.24 bits per heavy atom. The van der Waals surface area contributed by atoms with Crippen molar-refractivity contribution in [1.29, 1.82) is 0 Å². The average Bonchev–Trinajstić information content (AvgIpc) is 3.70. The molecule has 1 aliphatic rings. The predicted molar refractivity (Wildman–Crippen MR) is 225 cm³/mol. The molecule has 0 atom stereocenters. The molecule has 1 fully saturated rings. The molecular weight excluding hydrogens is 857 g/mol. The zero-order chi connectivity index (χ0) is 37.5. The van der Waals surface area contributed by atoms with Crippen LogP contribution >= 0.6 is 0 Å². The van der Waals surface area contributed by atoms with Gasteiger partial charge in [-0.2, -0.15) is 0 Å². The van der Waals surface area contributed by atoms with Crippen molar-refractivity contribution in [2.45, 2.75) is 111 Å². The van der Waals surface area contributed by atoms with Gasteiger partial charge in [-0.15, -0.1) is 54.1 Å². The molecule has 1 saturated carbocycles. The van der Waals surface area contributed by atoms with E-state index in [0.29, 0.717) is 5.92 Å². The van der Waals surface area contributed by atoms with Crippen molar-refractivity contribution < 1.29 is 24.5 Å². The van der Waals surface area contributed by atoms with Crippen LogP contribution in [-0.2, 0) is 32.1 Å². The van der Waals surface area contributed by atoms with Gasteiger partial charge in [0.05, 0.1) is 30.5 Å². The van der Waals surface area contributed by atoms with E-state index in [1.807, 2.05) is 30.3 Å². The van der Waals surface area contributed by atoms with Crippen LogP contribution in [0.15, 0.2) is 89.5 Å². The summed E-state index contributed by atoms with van der Waals surface area (Å²) >= 11 is 0. The number of hydrogen-bond donors (Lipinski definition) is 0. The van der Waals surface area contributed by atoms with Crippen LogP contribution in [0.25, 0.3) is 55.7 Å². The molecule has 7 aromatic rings. The minimum atomic E-state index is -1.37. The van der Waals surface area contributed by atoms with Crippen molar-refractivity contribution in [1.82, 2.24) is 19.5 Å². The predicted octanol–water partition coefficient (Wildman–Crippen LogP) is 12.3. The average molecular weight is 911 g/mol. The zero-order valence-electron chi connectivity index (χ0n) is 33.4. The van der Waals surface area contributed by atoms with E-state index in [2.05, 4.69) is 133 Å². The third-order valence-electron chi connectivity index (χ3n) is 10.3. The monoisotopic (exact) mass is 911 g/mol. The molecule has 0 aliphatic heterocycles. The first-order valence-electron chi connectivity index (χ1n) is 19.4. The molecule has 0 saturated heterocycles. The number of benzene rings is 3. The van der Waals surface area contributed by atoms with Crippen molar-refractivity contribution in [3.63, 3.8) is 0 Å². The molecule has 4 heterocycles. The molecule has 1 radical (unpaired) electrons. The Bertz CT molecular complexity index is 2370. The molecule has 54 heavy (non-hydrogen) atoms. The first-order valence-corrected chi connectivity index (χ1v) is 22.9. The van der Waals surface area contributed by atoms with Crippen LogP contribution in [0.2, 0.25) is 19.6 Å². The van der Waals surface area contributed by atoms with Crippen LogP contribution < -0.4 is 5.19 Å². The molecule has 283 valence electrons. The zero-order valence-corrected chi connectivity index (χ0v) is 36.8. The first-order chi connectivity index (χ1) is 25.2. The summed E-state index contributed by atoms with van der Waals surface area (Å²) in [4.78, 5) is 14.7. The topological polar surface area (TPSA) is 56.7 Å². The van der Waals surface area contributed by atoms with Gasteiger partial charge in [0.15, 0.2) is 0 Å². The van der Waals surface area contributed by atoms with Gasteiger partial charge in [0, 0.05) is 48.8 Å². The van der Waals surface area contributed by atoms with Crippen molar-refractivity contribution in [2.75, 3.05) is 0 Å². The molecular formula is C47H54IrN4OSi-2. The minimum Gasteiger partial charge on any atom is -0.486 e. The Morgan fingerprint density at radius 2 is 1.56 bits per heavy atom. The number of imidazole rings is 1. The SMILES string of the molecule is CC(C)(C)Cc1cc(-c2[c-]cccc2)ncc1[Si](C)(C)C.CC(C)(C)n1c(-c2[c-]ccc3c2oc2nc(C4CCCCC4)ccc23)nc2ccccc21.[Ir]. The quantitative estimate of drug-likeness (QED) is 0.128. The van der Waals surface area contributed by atoms with Crippen molar-refractivity contribution in [3.8, 4) is 22.6 Å². The van der Waals surface area contributed by atoms with E-state index in [9.17, 15) is 0 Å². The second-order valence-electron chi connectivity index (χ2n) is 18.0. The molecule has 0 amide bonds. The smallest absolute Gasteiger partial charge is 0.216 e. The van der Waals surface area contributed by atoms with E-state index < -0.39 is 8.07 Å². The van der Waals surface area contributed by atoms with Crippen LogP contribution in [0.1, 0.15) is 90.8 Å². The third kappa shape index (κ3) is 8.49. The third-order valence-corrected chi connectivity index (χ3v) is 12.4. The number of pyridine rings is 2. The van der Waals surface area contributed by atoms with Crippen LogP contribution in [0.3, 0.4) is 0 Å². The van der Waals surface area contributed by atoms with E-state index in [4.69, 9.17) is 19.4 Å². The van der Waals surface area contributed by atoms with Crippen LogP contribution in [0, 0.1) is 17.5 Å². The summed E-state index contributed by atoms with van der Waals surface area (Å²) < 4.78 is 8.73. The number of nitrogens with zero attached hydrogens (tertiary/aromatic N) is 4. The summed E-state index contributed by atoms with van der Waals surface area (Å²) in [5.41, 5.74) is 9.43. The fourth-order valence-electron chi connectivity index (χ4n) is 7.89. The second kappa shape index (κ2) is 15.7. The van der Waals surface area contributed by atoms with Crippen LogP contribution in [0.5, 0.6) is 0 Å². The van der Waals surface area contributed by atoms with Crippen LogP contribution in [-0.4, -0.2) is 27.6 Å². The molecule has 0 N–H and O–H groups in total. The maximum Gasteiger partial charge on any atom is 0.216 e. The van der Waals surface area contributed by atoms with Crippen LogP contribution in [0.4, 0.5) is 0 Å². The summed E-state index contributed by atoms with van der Waals surface area (Å²) in [6.07, 6.45) is 9.61. The summed E-state index contributed by atoms with van der Waals surface area (Å²) in [5.74, 6) is 1.44. The van der Waals surface area contributed by atoms with Gasteiger partial charge in [-0.05, 0) is 80.6 Å². The summed E-state index contributed by atoms with van der Waals surface area (Å²) in [5, 5.41) is 3.62. The van der Waals surface area contributed by atoms with Gasteiger partial charge in [0.2, 0.25) is 5.71 Å². The molecule has 7 heteroatoms. The number of furan rings is 1.